The predicted octanol–water partition coefficient (Wildman–Crippen LogP) is 3.89. The van der Waals surface area contributed by atoms with Crippen molar-refractivity contribution >= 4 is 23.7 Å². The highest BCUT2D eigenvalue weighted by Gasteiger charge is 2.14. The average molecular weight is 391 g/mol. The van der Waals surface area contributed by atoms with Gasteiger partial charge in [0.1, 0.15) is 5.75 Å². The maximum atomic E-state index is 12.2. The van der Waals surface area contributed by atoms with Crippen LogP contribution >= 0.6 is 11.6 Å². The number of benzene rings is 2. The molecule has 0 heterocycles. The summed E-state index contributed by atoms with van der Waals surface area (Å²) in [4.78, 5) is 12.2. The number of carbonyl (C=O) groups is 1. The third kappa shape index (κ3) is 5.37. The van der Waals surface area contributed by atoms with Gasteiger partial charge in [-0.1, -0.05) is 17.7 Å². The zero-order chi connectivity index (χ0) is 20.0. The molecule has 0 fully saturated rings. The van der Waals surface area contributed by atoms with E-state index >= 15 is 0 Å². The molecular weight excluding hydrogens is 368 g/mol. The first-order chi connectivity index (χ1) is 12.8. The normalized spacial score (nSPS) is 11.9. The van der Waals surface area contributed by atoms with Crippen LogP contribution in [-0.4, -0.2) is 32.4 Å². The molecule has 7 heteroatoms. The minimum Gasteiger partial charge on any atom is -0.493 e. The molecule has 0 aliphatic carbocycles. The molecule has 6 nitrogen and oxygen atoms in total. The Morgan fingerprint density at radius 3 is 2.41 bits per heavy atom. The van der Waals surface area contributed by atoms with Crippen molar-refractivity contribution in [3.63, 3.8) is 0 Å². The van der Waals surface area contributed by atoms with E-state index in [2.05, 4.69) is 10.5 Å². The highest BCUT2D eigenvalue weighted by molar-refractivity contribution is 6.33. The van der Waals surface area contributed by atoms with E-state index < -0.39 is 6.10 Å². The van der Waals surface area contributed by atoms with E-state index in [1.807, 2.05) is 32.0 Å². The summed E-state index contributed by atoms with van der Waals surface area (Å²) in [6.45, 7) is 5.66. The summed E-state index contributed by atoms with van der Waals surface area (Å²) in [6, 6.07) is 8.97. The van der Waals surface area contributed by atoms with Crippen LogP contribution in [0.3, 0.4) is 0 Å². The standard InChI is InChI=1S/C20H23ClN2O4/c1-12-6-7-16(8-13(12)2)27-14(3)20(24)23-22-11-15-9-18(25-4)19(26-5)10-17(15)21/h6-11,14H,1-5H3,(H,23,24)/b22-11+. The summed E-state index contributed by atoms with van der Waals surface area (Å²) in [5.41, 5.74) is 5.29. The first kappa shape index (κ1) is 20.6. The molecule has 1 atom stereocenters. The van der Waals surface area contributed by atoms with Crippen LogP contribution in [0.1, 0.15) is 23.6 Å². The summed E-state index contributed by atoms with van der Waals surface area (Å²) >= 11 is 6.19. The van der Waals surface area contributed by atoms with E-state index in [1.165, 1.54) is 20.4 Å². The van der Waals surface area contributed by atoms with Crippen molar-refractivity contribution in [3.8, 4) is 17.2 Å². The molecule has 27 heavy (non-hydrogen) atoms. The van der Waals surface area contributed by atoms with Crippen molar-refractivity contribution in [1.82, 2.24) is 5.43 Å². The van der Waals surface area contributed by atoms with Gasteiger partial charge in [0.15, 0.2) is 17.6 Å². The molecule has 2 aromatic rings. The summed E-state index contributed by atoms with van der Waals surface area (Å²) in [5.74, 6) is 1.29. The maximum absolute atomic E-state index is 12.2. The van der Waals surface area contributed by atoms with Gasteiger partial charge in [-0.15, -0.1) is 0 Å². The van der Waals surface area contributed by atoms with Crippen molar-refractivity contribution in [2.24, 2.45) is 5.10 Å². The monoisotopic (exact) mass is 390 g/mol. The summed E-state index contributed by atoms with van der Waals surface area (Å²) in [6.07, 6.45) is 0.732. The van der Waals surface area contributed by atoms with E-state index in [9.17, 15) is 4.79 Å². The Kier molecular flexibility index (Phi) is 7.07. The molecule has 0 aliphatic rings. The van der Waals surface area contributed by atoms with Crippen LogP contribution in [0.25, 0.3) is 0 Å². The Labute approximate surface area is 164 Å². The number of amides is 1. The highest BCUT2D eigenvalue weighted by Crippen LogP contribution is 2.32. The van der Waals surface area contributed by atoms with E-state index in [0.717, 1.165) is 11.1 Å². The van der Waals surface area contributed by atoms with Crippen LogP contribution in [0.2, 0.25) is 5.02 Å². The molecule has 0 radical (unpaired) electrons. The number of hydrogen-bond acceptors (Lipinski definition) is 5. The van der Waals surface area contributed by atoms with Crippen molar-refractivity contribution in [2.75, 3.05) is 14.2 Å². The fraction of sp³-hybridized carbons (Fsp3) is 0.300. The number of hydrazone groups is 1. The molecule has 0 saturated heterocycles. The minimum absolute atomic E-state index is 0.374. The van der Waals surface area contributed by atoms with Crippen LogP contribution in [0.15, 0.2) is 35.4 Å². The largest absolute Gasteiger partial charge is 0.493 e. The quantitative estimate of drug-likeness (QED) is 0.575. The number of hydrogen-bond donors (Lipinski definition) is 1. The Balaban J connectivity index is 2.00. The van der Waals surface area contributed by atoms with Crippen LogP contribution in [0.4, 0.5) is 0 Å². The van der Waals surface area contributed by atoms with Crippen LogP contribution < -0.4 is 19.6 Å². The van der Waals surface area contributed by atoms with Gasteiger partial charge in [-0.3, -0.25) is 4.79 Å². The summed E-state index contributed by atoms with van der Waals surface area (Å²) < 4.78 is 16.1. The lowest BCUT2D eigenvalue weighted by Gasteiger charge is -2.14. The average Bonchev–Trinajstić information content (AvgIpc) is 2.65. The molecule has 1 amide bonds. The number of rotatable bonds is 7. The number of nitrogens with one attached hydrogen (secondary N) is 1. The molecule has 2 rings (SSSR count). The molecule has 0 aliphatic heterocycles. The Bertz CT molecular complexity index is 852. The topological polar surface area (TPSA) is 69.2 Å². The van der Waals surface area contributed by atoms with Gasteiger partial charge in [0.25, 0.3) is 5.91 Å². The van der Waals surface area contributed by atoms with Crippen molar-refractivity contribution in [2.45, 2.75) is 26.9 Å². The number of methoxy groups -OCH3 is 2. The smallest absolute Gasteiger partial charge is 0.280 e. The van der Waals surface area contributed by atoms with Crippen molar-refractivity contribution in [3.05, 3.63) is 52.0 Å². The molecule has 144 valence electrons. The van der Waals surface area contributed by atoms with Crippen LogP contribution in [0.5, 0.6) is 17.2 Å². The minimum atomic E-state index is -0.704. The molecule has 2 aromatic carbocycles. The van der Waals surface area contributed by atoms with Gasteiger partial charge >= 0.3 is 0 Å². The van der Waals surface area contributed by atoms with Crippen LogP contribution in [-0.2, 0) is 4.79 Å². The number of halogens is 1. The molecule has 0 spiro atoms. The van der Waals surface area contributed by atoms with Gasteiger partial charge in [-0.05, 0) is 50.1 Å². The molecule has 1 unspecified atom stereocenters. The summed E-state index contributed by atoms with van der Waals surface area (Å²) in [5, 5.41) is 4.36. The van der Waals surface area contributed by atoms with Crippen molar-refractivity contribution in [1.29, 1.82) is 0 Å². The molecule has 0 aromatic heterocycles. The number of nitrogens with zero attached hydrogens (tertiary/aromatic N) is 1. The zero-order valence-electron chi connectivity index (χ0n) is 16.0. The third-order valence-corrected chi connectivity index (χ3v) is 4.37. The first-order valence-corrected chi connectivity index (χ1v) is 8.71. The fourth-order valence-electron chi connectivity index (χ4n) is 2.27. The van der Waals surface area contributed by atoms with E-state index in [1.54, 1.807) is 19.1 Å². The fourth-order valence-corrected chi connectivity index (χ4v) is 2.47. The van der Waals surface area contributed by atoms with Gasteiger partial charge in [0, 0.05) is 11.6 Å². The maximum Gasteiger partial charge on any atom is 0.280 e. The highest BCUT2D eigenvalue weighted by atomic mass is 35.5. The van der Waals surface area contributed by atoms with E-state index in [-0.39, 0.29) is 5.91 Å². The second-order valence-electron chi connectivity index (χ2n) is 5.97. The Morgan fingerprint density at radius 2 is 1.78 bits per heavy atom. The Morgan fingerprint density at radius 1 is 1.11 bits per heavy atom. The molecule has 0 saturated carbocycles. The molecule has 1 N–H and O–H groups in total. The number of ether oxygens (including phenoxy) is 3. The SMILES string of the molecule is COc1cc(Cl)c(/C=N/NC(=O)C(C)Oc2ccc(C)c(C)c2)cc1OC. The van der Waals surface area contributed by atoms with Crippen molar-refractivity contribution < 1.29 is 19.0 Å². The van der Waals surface area contributed by atoms with Gasteiger partial charge in [0.2, 0.25) is 0 Å². The second-order valence-corrected chi connectivity index (χ2v) is 6.38. The molecular formula is C20H23ClN2O4. The Hall–Kier alpha value is -2.73. The van der Waals surface area contributed by atoms with Gasteiger partial charge in [-0.2, -0.15) is 5.10 Å². The lowest BCUT2D eigenvalue weighted by Crippen LogP contribution is -2.33. The van der Waals surface area contributed by atoms with Gasteiger partial charge in [-0.25, -0.2) is 5.43 Å². The van der Waals surface area contributed by atoms with E-state index in [0.29, 0.717) is 27.8 Å². The summed E-state index contributed by atoms with van der Waals surface area (Å²) in [7, 11) is 3.05. The lowest BCUT2D eigenvalue weighted by molar-refractivity contribution is -0.127. The predicted molar refractivity (Wildman–Crippen MR) is 106 cm³/mol. The molecule has 0 bridgehead atoms. The first-order valence-electron chi connectivity index (χ1n) is 8.34. The number of carbonyl (C=O) groups excluding carboxylic acids is 1. The third-order valence-electron chi connectivity index (χ3n) is 4.04. The number of aryl methyl sites for hydroxylation is 2. The second kappa shape index (κ2) is 9.28. The van der Waals surface area contributed by atoms with Gasteiger partial charge in [0.05, 0.1) is 25.5 Å². The van der Waals surface area contributed by atoms with Crippen LogP contribution in [0, 0.1) is 13.8 Å². The zero-order valence-corrected chi connectivity index (χ0v) is 16.8. The lowest BCUT2D eigenvalue weighted by atomic mass is 10.1. The van der Waals surface area contributed by atoms with E-state index in [4.69, 9.17) is 25.8 Å². The van der Waals surface area contributed by atoms with Gasteiger partial charge < -0.3 is 14.2 Å².